The van der Waals surface area contributed by atoms with Gasteiger partial charge in [0.05, 0.1) is 0 Å². The molecule has 0 aromatic carbocycles. The summed E-state index contributed by atoms with van der Waals surface area (Å²) in [4.78, 5) is 14.2. The fourth-order valence-electron chi connectivity index (χ4n) is 3.12. The van der Waals surface area contributed by atoms with Crippen molar-refractivity contribution in [1.82, 2.24) is 4.90 Å². The molecule has 100 valence electrons. The number of nitrogens with two attached hydrogens (primary N) is 1. The third-order valence-electron chi connectivity index (χ3n) is 4.06. The Labute approximate surface area is 114 Å². The number of fused-ring (bicyclic) bond motifs is 1. The average molecular weight is 279 g/mol. The van der Waals surface area contributed by atoms with Gasteiger partial charge in [0.1, 0.15) is 0 Å². The van der Waals surface area contributed by atoms with Gasteiger partial charge in [-0.05, 0) is 30.9 Å². The number of nitrogens with zero attached hydrogens (tertiary/aromatic N) is 1. The summed E-state index contributed by atoms with van der Waals surface area (Å²) < 4.78 is 0. The number of hydrogen-bond donors (Lipinski definition) is 1. The Morgan fingerprint density at radius 2 is 2.18 bits per heavy atom. The minimum absolute atomic E-state index is 0. The minimum atomic E-state index is 0. The molecule has 1 amide bonds. The lowest BCUT2D eigenvalue weighted by Gasteiger charge is -2.22. The van der Waals surface area contributed by atoms with Gasteiger partial charge in [-0.1, -0.05) is 6.92 Å². The zero-order valence-electron chi connectivity index (χ0n) is 10.6. The van der Waals surface area contributed by atoms with Gasteiger partial charge in [0.2, 0.25) is 5.91 Å². The van der Waals surface area contributed by atoms with Crippen LogP contribution in [0.5, 0.6) is 0 Å². The summed E-state index contributed by atoms with van der Waals surface area (Å²) in [6.45, 7) is 3.90. The number of likely N-dealkylation sites (tertiary alicyclic amines) is 1. The number of rotatable bonds is 3. The van der Waals surface area contributed by atoms with E-state index in [1.54, 1.807) is 11.8 Å². The predicted octanol–water partition coefficient (Wildman–Crippen LogP) is 1.60. The summed E-state index contributed by atoms with van der Waals surface area (Å²) in [6.07, 6.45) is 4.42. The number of carbonyl (C=O) groups is 1. The van der Waals surface area contributed by atoms with E-state index in [-0.39, 0.29) is 18.3 Å². The van der Waals surface area contributed by atoms with E-state index in [2.05, 4.69) is 11.2 Å². The number of amides is 1. The first-order valence-corrected chi connectivity index (χ1v) is 7.56. The van der Waals surface area contributed by atoms with Crippen molar-refractivity contribution in [1.29, 1.82) is 0 Å². The SMILES string of the molecule is CSCC(C)C(=O)N1CC2CCC(N)C2C1.Cl. The monoisotopic (exact) mass is 278 g/mol. The third-order valence-corrected chi connectivity index (χ3v) is 4.90. The Morgan fingerprint density at radius 3 is 2.76 bits per heavy atom. The molecule has 0 aromatic rings. The Morgan fingerprint density at radius 1 is 1.47 bits per heavy atom. The molecule has 3 nitrogen and oxygen atoms in total. The largest absolute Gasteiger partial charge is 0.342 e. The highest BCUT2D eigenvalue weighted by Gasteiger charge is 2.42. The zero-order chi connectivity index (χ0) is 11.7. The number of carbonyl (C=O) groups excluding carboxylic acids is 1. The summed E-state index contributed by atoms with van der Waals surface area (Å²) in [6, 6.07) is 0.332. The Balaban J connectivity index is 0.00000144. The fourth-order valence-corrected chi connectivity index (χ4v) is 3.76. The Bertz CT molecular complexity index is 277. The van der Waals surface area contributed by atoms with E-state index in [0.717, 1.165) is 25.3 Å². The van der Waals surface area contributed by atoms with Gasteiger partial charge in [-0.15, -0.1) is 12.4 Å². The molecule has 1 aliphatic heterocycles. The van der Waals surface area contributed by atoms with Crippen molar-refractivity contribution in [3.63, 3.8) is 0 Å². The molecule has 0 bridgehead atoms. The number of hydrogen-bond acceptors (Lipinski definition) is 3. The maximum absolute atomic E-state index is 12.1. The molecule has 0 spiro atoms. The second-order valence-corrected chi connectivity index (χ2v) is 6.18. The fraction of sp³-hybridized carbons (Fsp3) is 0.917. The van der Waals surface area contributed by atoms with Crippen molar-refractivity contribution in [2.75, 3.05) is 25.1 Å². The quantitative estimate of drug-likeness (QED) is 0.853. The molecule has 2 aliphatic rings. The second kappa shape index (κ2) is 6.30. The van der Waals surface area contributed by atoms with Crippen LogP contribution in [0.15, 0.2) is 0 Å². The summed E-state index contributed by atoms with van der Waals surface area (Å²) >= 11 is 1.75. The topological polar surface area (TPSA) is 46.3 Å². The summed E-state index contributed by atoms with van der Waals surface area (Å²) in [7, 11) is 0. The van der Waals surface area contributed by atoms with Crippen molar-refractivity contribution < 1.29 is 4.79 Å². The summed E-state index contributed by atoms with van der Waals surface area (Å²) in [5.41, 5.74) is 6.07. The highest BCUT2D eigenvalue weighted by atomic mass is 35.5. The molecule has 2 fully saturated rings. The van der Waals surface area contributed by atoms with E-state index in [9.17, 15) is 4.79 Å². The Hall–Kier alpha value is 0.0700. The predicted molar refractivity (Wildman–Crippen MR) is 75.6 cm³/mol. The molecule has 2 N–H and O–H groups in total. The van der Waals surface area contributed by atoms with Gasteiger partial charge in [0, 0.05) is 30.8 Å². The molecular weight excluding hydrogens is 256 g/mol. The summed E-state index contributed by atoms with van der Waals surface area (Å²) in [5, 5.41) is 0. The van der Waals surface area contributed by atoms with Gasteiger partial charge in [-0.3, -0.25) is 4.79 Å². The van der Waals surface area contributed by atoms with E-state index in [0.29, 0.717) is 23.8 Å². The molecule has 0 radical (unpaired) electrons. The van der Waals surface area contributed by atoms with Crippen LogP contribution < -0.4 is 5.73 Å². The van der Waals surface area contributed by atoms with Crippen LogP contribution in [0.25, 0.3) is 0 Å². The molecule has 1 heterocycles. The molecular formula is C12H23ClN2OS. The van der Waals surface area contributed by atoms with Crippen LogP contribution >= 0.6 is 24.2 Å². The molecule has 5 heteroatoms. The van der Waals surface area contributed by atoms with E-state index in [1.165, 1.54) is 6.42 Å². The highest BCUT2D eigenvalue weighted by molar-refractivity contribution is 7.98. The zero-order valence-corrected chi connectivity index (χ0v) is 12.2. The molecule has 1 aliphatic carbocycles. The maximum Gasteiger partial charge on any atom is 0.226 e. The van der Waals surface area contributed by atoms with Crippen molar-refractivity contribution in [3.8, 4) is 0 Å². The smallest absolute Gasteiger partial charge is 0.226 e. The minimum Gasteiger partial charge on any atom is -0.342 e. The van der Waals surface area contributed by atoms with Crippen LogP contribution in [-0.4, -0.2) is 41.9 Å². The van der Waals surface area contributed by atoms with Crippen LogP contribution in [0.4, 0.5) is 0 Å². The highest BCUT2D eigenvalue weighted by Crippen LogP contribution is 2.37. The second-order valence-electron chi connectivity index (χ2n) is 5.26. The molecule has 0 aromatic heterocycles. The van der Waals surface area contributed by atoms with Crippen molar-refractivity contribution >= 4 is 30.1 Å². The summed E-state index contributed by atoms with van der Waals surface area (Å²) in [5.74, 6) is 2.67. The van der Waals surface area contributed by atoms with Crippen LogP contribution in [0.1, 0.15) is 19.8 Å². The lowest BCUT2D eigenvalue weighted by atomic mass is 9.98. The average Bonchev–Trinajstić information content (AvgIpc) is 2.81. The van der Waals surface area contributed by atoms with Crippen molar-refractivity contribution in [2.24, 2.45) is 23.5 Å². The van der Waals surface area contributed by atoms with Crippen LogP contribution in [0.2, 0.25) is 0 Å². The van der Waals surface area contributed by atoms with Crippen molar-refractivity contribution in [3.05, 3.63) is 0 Å². The Kier molecular flexibility index (Phi) is 5.61. The van der Waals surface area contributed by atoms with Gasteiger partial charge in [0.25, 0.3) is 0 Å². The molecule has 17 heavy (non-hydrogen) atoms. The van der Waals surface area contributed by atoms with Crippen molar-refractivity contribution in [2.45, 2.75) is 25.8 Å². The van der Waals surface area contributed by atoms with E-state index in [4.69, 9.17) is 5.73 Å². The van der Waals surface area contributed by atoms with Gasteiger partial charge in [0.15, 0.2) is 0 Å². The first-order chi connectivity index (χ1) is 7.63. The first-order valence-electron chi connectivity index (χ1n) is 6.16. The standard InChI is InChI=1S/C12H22N2OS.ClH/c1-8(7-16-2)12(15)14-5-9-3-4-11(13)10(9)6-14;/h8-11H,3-7,13H2,1-2H3;1H. The number of halogens is 1. The van der Waals surface area contributed by atoms with Gasteiger partial charge in [-0.25, -0.2) is 0 Å². The molecule has 4 atom stereocenters. The van der Waals surface area contributed by atoms with Gasteiger partial charge < -0.3 is 10.6 Å². The molecule has 4 unspecified atom stereocenters. The van der Waals surface area contributed by atoms with Gasteiger partial charge in [-0.2, -0.15) is 11.8 Å². The normalized spacial score (nSPS) is 33.1. The van der Waals surface area contributed by atoms with E-state index >= 15 is 0 Å². The van der Waals surface area contributed by atoms with E-state index < -0.39 is 0 Å². The maximum atomic E-state index is 12.1. The molecule has 1 saturated carbocycles. The van der Waals surface area contributed by atoms with Gasteiger partial charge >= 0.3 is 0 Å². The number of thioether (sulfide) groups is 1. The molecule has 1 saturated heterocycles. The van der Waals surface area contributed by atoms with Crippen LogP contribution in [0, 0.1) is 17.8 Å². The van der Waals surface area contributed by atoms with Crippen LogP contribution in [-0.2, 0) is 4.79 Å². The lowest BCUT2D eigenvalue weighted by molar-refractivity contribution is -0.133. The van der Waals surface area contributed by atoms with E-state index in [1.807, 2.05) is 6.92 Å². The molecule has 2 rings (SSSR count). The lowest BCUT2D eigenvalue weighted by Crippen LogP contribution is -2.37. The third kappa shape index (κ3) is 3.09. The first kappa shape index (κ1) is 15.1. The van der Waals surface area contributed by atoms with Crippen LogP contribution in [0.3, 0.4) is 0 Å².